The number of fused-ring (bicyclic) bond motifs is 1. The molecule has 2 aromatic heterocycles. The Morgan fingerprint density at radius 2 is 1.93 bits per heavy atom. The number of hydrogen-bond acceptors (Lipinski definition) is 4. The minimum Gasteiger partial charge on any atom is -0.480 e. The highest BCUT2D eigenvalue weighted by Crippen LogP contribution is 2.25. The Morgan fingerprint density at radius 1 is 1.22 bits per heavy atom. The van der Waals surface area contributed by atoms with Crippen molar-refractivity contribution in [3.8, 4) is 11.3 Å². The number of carboxylic acids is 1. The fraction of sp³-hybridized carbons (Fsp3) is 0.300. The van der Waals surface area contributed by atoms with Crippen molar-refractivity contribution in [2.75, 3.05) is 0 Å². The Balaban J connectivity index is 2.12. The van der Waals surface area contributed by atoms with E-state index in [2.05, 4.69) is 15.4 Å². The van der Waals surface area contributed by atoms with E-state index in [4.69, 9.17) is 0 Å². The van der Waals surface area contributed by atoms with Crippen molar-refractivity contribution in [2.24, 2.45) is 5.92 Å². The number of nitrogens with one attached hydrogen (secondary N) is 1. The van der Waals surface area contributed by atoms with E-state index in [-0.39, 0.29) is 5.92 Å². The number of pyridine rings is 1. The molecule has 7 heteroatoms. The van der Waals surface area contributed by atoms with E-state index in [1.807, 2.05) is 37.3 Å². The molecular formula is C20H22N4O3. The summed E-state index contributed by atoms with van der Waals surface area (Å²) in [7, 11) is 0. The average Bonchev–Trinajstić information content (AvgIpc) is 3.08. The summed E-state index contributed by atoms with van der Waals surface area (Å²) < 4.78 is 1.72. The topological polar surface area (TPSA) is 97.1 Å². The molecular weight excluding hydrogens is 344 g/mol. The summed E-state index contributed by atoms with van der Waals surface area (Å²) >= 11 is 0. The van der Waals surface area contributed by atoms with Crippen LogP contribution in [0.3, 0.4) is 0 Å². The van der Waals surface area contributed by atoms with Gasteiger partial charge in [-0.3, -0.25) is 4.79 Å². The lowest BCUT2D eigenvalue weighted by Gasteiger charge is -2.18. The van der Waals surface area contributed by atoms with Crippen LogP contribution in [0.4, 0.5) is 0 Å². The van der Waals surface area contributed by atoms with E-state index in [0.29, 0.717) is 28.8 Å². The molecule has 3 aromatic rings. The molecule has 0 bridgehead atoms. The zero-order chi connectivity index (χ0) is 19.6. The summed E-state index contributed by atoms with van der Waals surface area (Å²) in [5.41, 5.74) is 2.47. The number of aromatic nitrogens is 3. The molecule has 3 rings (SSSR count). The maximum absolute atomic E-state index is 12.9. The predicted molar refractivity (Wildman–Crippen MR) is 102 cm³/mol. The fourth-order valence-electron chi connectivity index (χ4n) is 2.96. The van der Waals surface area contributed by atoms with Crippen LogP contribution in [0.25, 0.3) is 22.3 Å². The van der Waals surface area contributed by atoms with Gasteiger partial charge in [0.1, 0.15) is 6.04 Å². The van der Waals surface area contributed by atoms with Crippen LogP contribution >= 0.6 is 0 Å². The summed E-state index contributed by atoms with van der Waals surface area (Å²) in [6.45, 7) is 6.07. The van der Waals surface area contributed by atoms with E-state index >= 15 is 0 Å². The van der Waals surface area contributed by atoms with E-state index in [1.54, 1.807) is 30.8 Å². The third kappa shape index (κ3) is 3.67. The monoisotopic (exact) mass is 366 g/mol. The van der Waals surface area contributed by atoms with Crippen molar-refractivity contribution in [1.82, 2.24) is 20.1 Å². The summed E-state index contributed by atoms with van der Waals surface area (Å²) in [4.78, 5) is 29.1. The molecule has 0 unspecified atom stereocenters. The van der Waals surface area contributed by atoms with Crippen molar-refractivity contribution in [2.45, 2.75) is 33.4 Å². The van der Waals surface area contributed by atoms with Crippen LogP contribution < -0.4 is 5.32 Å². The fourth-order valence-corrected chi connectivity index (χ4v) is 2.96. The zero-order valence-corrected chi connectivity index (χ0v) is 15.5. The lowest BCUT2D eigenvalue weighted by atomic mass is 10.0. The highest BCUT2D eigenvalue weighted by molar-refractivity contribution is 6.07. The number of aryl methyl sites for hydroxylation is 1. The number of carboxylic acid groups (broad SMARTS) is 1. The van der Waals surface area contributed by atoms with Crippen molar-refractivity contribution in [1.29, 1.82) is 0 Å². The van der Waals surface area contributed by atoms with Gasteiger partial charge in [-0.2, -0.15) is 5.10 Å². The first-order valence-corrected chi connectivity index (χ1v) is 8.88. The number of rotatable bonds is 6. The molecule has 0 spiro atoms. The second-order valence-corrected chi connectivity index (χ2v) is 6.65. The summed E-state index contributed by atoms with van der Waals surface area (Å²) in [5, 5.41) is 16.9. The lowest BCUT2D eigenvalue weighted by Crippen LogP contribution is -2.44. The normalized spacial score (nSPS) is 12.3. The number of benzene rings is 1. The molecule has 7 nitrogen and oxygen atoms in total. The second kappa shape index (κ2) is 7.57. The van der Waals surface area contributed by atoms with Gasteiger partial charge in [-0.25, -0.2) is 14.5 Å². The van der Waals surface area contributed by atoms with Crippen LogP contribution in [0.2, 0.25) is 0 Å². The van der Waals surface area contributed by atoms with Gasteiger partial charge in [0.05, 0.1) is 22.8 Å². The average molecular weight is 366 g/mol. The third-order valence-electron chi connectivity index (χ3n) is 4.44. The summed E-state index contributed by atoms with van der Waals surface area (Å²) in [6, 6.07) is 10.3. The molecule has 2 heterocycles. The molecule has 0 saturated heterocycles. The van der Waals surface area contributed by atoms with Gasteiger partial charge < -0.3 is 10.4 Å². The molecule has 1 amide bonds. The molecule has 1 aromatic carbocycles. The third-order valence-corrected chi connectivity index (χ3v) is 4.44. The maximum Gasteiger partial charge on any atom is 0.326 e. The Kier molecular flexibility index (Phi) is 5.21. The predicted octanol–water partition coefficient (Wildman–Crippen LogP) is 2.96. The first kappa shape index (κ1) is 18.6. The number of nitrogens with zero attached hydrogens (tertiary/aromatic N) is 3. The maximum atomic E-state index is 12.9. The highest BCUT2D eigenvalue weighted by Gasteiger charge is 2.26. The van der Waals surface area contributed by atoms with Gasteiger partial charge in [0.25, 0.3) is 5.91 Å². The smallest absolute Gasteiger partial charge is 0.326 e. The highest BCUT2D eigenvalue weighted by atomic mass is 16.4. The minimum atomic E-state index is -1.06. The zero-order valence-electron chi connectivity index (χ0n) is 15.5. The Hall–Kier alpha value is -3.22. The van der Waals surface area contributed by atoms with Crippen LogP contribution in [0.1, 0.15) is 31.1 Å². The van der Waals surface area contributed by atoms with Crippen LogP contribution in [0, 0.1) is 5.92 Å². The van der Waals surface area contributed by atoms with Crippen molar-refractivity contribution in [3.63, 3.8) is 0 Å². The van der Waals surface area contributed by atoms with Gasteiger partial charge in [-0.15, -0.1) is 0 Å². The van der Waals surface area contributed by atoms with Gasteiger partial charge in [0.2, 0.25) is 0 Å². The van der Waals surface area contributed by atoms with Crippen LogP contribution in [-0.4, -0.2) is 37.8 Å². The number of carbonyl (C=O) groups excluding carboxylic acids is 1. The van der Waals surface area contributed by atoms with Crippen LogP contribution in [-0.2, 0) is 11.3 Å². The Labute approximate surface area is 157 Å². The summed E-state index contributed by atoms with van der Waals surface area (Å²) in [6.07, 6.45) is 1.60. The van der Waals surface area contributed by atoms with Gasteiger partial charge in [-0.1, -0.05) is 44.2 Å². The van der Waals surface area contributed by atoms with E-state index in [1.165, 1.54) is 0 Å². The molecule has 140 valence electrons. The molecule has 0 aliphatic rings. The minimum absolute atomic E-state index is 0.240. The van der Waals surface area contributed by atoms with Crippen LogP contribution in [0.15, 0.2) is 42.6 Å². The lowest BCUT2D eigenvalue weighted by molar-refractivity contribution is -0.140. The van der Waals surface area contributed by atoms with Gasteiger partial charge in [0.15, 0.2) is 5.65 Å². The van der Waals surface area contributed by atoms with Gasteiger partial charge >= 0.3 is 5.97 Å². The number of carbonyl (C=O) groups is 2. The van der Waals surface area contributed by atoms with E-state index < -0.39 is 17.9 Å². The first-order chi connectivity index (χ1) is 12.9. The van der Waals surface area contributed by atoms with E-state index in [0.717, 1.165) is 5.56 Å². The second-order valence-electron chi connectivity index (χ2n) is 6.65. The molecule has 0 aliphatic heterocycles. The molecule has 0 saturated carbocycles. The van der Waals surface area contributed by atoms with Crippen molar-refractivity contribution >= 4 is 22.9 Å². The van der Waals surface area contributed by atoms with Gasteiger partial charge in [-0.05, 0) is 18.9 Å². The molecule has 0 aliphatic carbocycles. The molecule has 2 N–H and O–H groups in total. The molecule has 0 radical (unpaired) electrons. The SMILES string of the molecule is CCn1ncc2c(C(=O)N[C@@H](C(=O)O)C(C)C)cc(-c3ccccc3)nc21. The van der Waals surface area contributed by atoms with Gasteiger partial charge in [0, 0.05) is 12.1 Å². The molecule has 0 fully saturated rings. The number of amides is 1. The molecule has 27 heavy (non-hydrogen) atoms. The van der Waals surface area contributed by atoms with Crippen LogP contribution in [0.5, 0.6) is 0 Å². The Morgan fingerprint density at radius 3 is 2.52 bits per heavy atom. The van der Waals surface area contributed by atoms with Crippen molar-refractivity contribution < 1.29 is 14.7 Å². The Bertz CT molecular complexity index is 980. The standard InChI is InChI=1S/C20H22N4O3/c1-4-24-18-15(11-21-24)14(19(25)23-17(12(2)3)20(26)27)10-16(22-18)13-8-6-5-7-9-13/h5-12,17H,4H2,1-3H3,(H,23,25)(H,26,27)/t17-/m1/s1. The molecule has 1 atom stereocenters. The number of hydrogen-bond donors (Lipinski definition) is 2. The first-order valence-electron chi connectivity index (χ1n) is 8.88. The largest absolute Gasteiger partial charge is 0.480 e. The van der Waals surface area contributed by atoms with E-state index in [9.17, 15) is 14.7 Å². The summed E-state index contributed by atoms with van der Waals surface area (Å²) in [5.74, 6) is -1.75. The van der Waals surface area contributed by atoms with Crippen molar-refractivity contribution in [3.05, 3.63) is 48.2 Å². The number of aliphatic carboxylic acids is 1. The quantitative estimate of drug-likeness (QED) is 0.699.